The molecule has 0 bridgehead atoms. The van der Waals surface area contributed by atoms with Gasteiger partial charge in [-0.1, -0.05) is 34.1 Å². The van der Waals surface area contributed by atoms with E-state index >= 15 is 0 Å². The normalized spacial score (nSPS) is 39.6. The van der Waals surface area contributed by atoms with E-state index in [-0.39, 0.29) is 45.3 Å². The molecule has 43 heavy (non-hydrogen) atoms. The Kier molecular flexibility index (Phi) is 8.97. The van der Waals surface area contributed by atoms with E-state index in [9.17, 15) is 28.2 Å². The van der Waals surface area contributed by atoms with Crippen molar-refractivity contribution < 1.29 is 33.3 Å². The second-order valence-corrected chi connectivity index (χ2v) is 16.3. The fraction of sp³-hybridized carbons (Fsp3) is 0.758. The van der Waals surface area contributed by atoms with Crippen LogP contribution in [0.4, 0.5) is 4.79 Å². The molecule has 9 nitrogen and oxygen atoms in total. The minimum atomic E-state index is -4.13. The summed E-state index contributed by atoms with van der Waals surface area (Å²) in [5, 5.41) is 34.1. The summed E-state index contributed by atoms with van der Waals surface area (Å²) >= 11 is 0. The number of carboxylic acids is 1. The Morgan fingerprint density at radius 3 is 2.28 bits per heavy atom. The number of aromatic carboxylic acids is 1. The van der Waals surface area contributed by atoms with Crippen LogP contribution in [-0.2, 0) is 10.0 Å². The van der Waals surface area contributed by atoms with Gasteiger partial charge < -0.3 is 20.6 Å². The number of benzene rings is 1. The second kappa shape index (κ2) is 12.0. The van der Waals surface area contributed by atoms with Crippen LogP contribution < -0.4 is 10.0 Å². The number of sulfonamides is 1. The van der Waals surface area contributed by atoms with Crippen LogP contribution in [-0.4, -0.2) is 54.5 Å². The minimum Gasteiger partial charge on any atom is -0.478 e. The Bertz CT molecular complexity index is 1300. The summed E-state index contributed by atoms with van der Waals surface area (Å²) in [4.78, 5) is 23.3. The molecule has 0 heterocycles. The van der Waals surface area contributed by atoms with E-state index < -0.39 is 22.0 Å². The quantitative estimate of drug-likeness (QED) is 0.274. The Morgan fingerprint density at radius 1 is 0.977 bits per heavy atom. The van der Waals surface area contributed by atoms with Crippen molar-refractivity contribution in [3.8, 4) is 0 Å². The molecule has 5 N–H and O–H groups in total. The van der Waals surface area contributed by atoms with Crippen molar-refractivity contribution in [3.05, 3.63) is 29.8 Å². The van der Waals surface area contributed by atoms with Crippen LogP contribution >= 0.6 is 0 Å². The van der Waals surface area contributed by atoms with E-state index in [4.69, 9.17) is 5.11 Å². The number of hydrogen-bond donors (Lipinski definition) is 5. The molecule has 4 saturated carbocycles. The largest absolute Gasteiger partial charge is 0.478 e. The summed E-state index contributed by atoms with van der Waals surface area (Å²) in [5.41, 5.74) is 0.250. The molecule has 4 fully saturated rings. The van der Waals surface area contributed by atoms with E-state index in [0.717, 1.165) is 69.9 Å². The first-order chi connectivity index (χ1) is 20.2. The Labute approximate surface area is 256 Å². The highest BCUT2D eigenvalue weighted by Gasteiger charge is 2.64. The van der Waals surface area contributed by atoms with Gasteiger partial charge in [0.25, 0.3) is 10.0 Å². The molecular weight excluding hydrogens is 568 g/mol. The zero-order chi connectivity index (χ0) is 31.3. The zero-order valence-corrected chi connectivity index (χ0v) is 26.8. The standard InChI is InChI=1S/C33H50N2O7S/c1-5-23-27-18-21(36)12-15-33(27,4)26-13-16-32(3)24(10-11-25(32)28(26)29(23)37)19(2)14-17-34-31(40)35-43(41,42)22-8-6-20(7-9-22)30(38)39/h6-9,19,21,23-29,36-37H,5,10-18H2,1-4H3,(H,38,39)(H2,34,35,40)/t19-,21-,23-,24-,25+,26+,27+,28+,29-,32-,33-/m1/s1. The summed E-state index contributed by atoms with van der Waals surface area (Å²) < 4.78 is 27.2. The minimum absolute atomic E-state index is 0.0379. The molecule has 2 amide bonds. The van der Waals surface area contributed by atoms with Crippen molar-refractivity contribution in [2.75, 3.05) is 6.54 Å². The lowest BCUT2D eigenvalue weighted by Crippen LogP contribution is -2.62. The van der Waals surface area contributed by atoms with Gasteiger partial charge in [-0.3, -0.25) is 0 Å². The van der Waals surface area contributed by atoms with Crippen LogP contribution in [0.5, 0.6) is 0 Å². The lowest BCUT2D eigenvalue weighted by atomic mass is 9.41. The Hall–Kier alpha value is -2.17. The van der Waals surface area contributed by atoms with E-state index in [1.165, 1.54) is 12.1 Å². The highest BCUT2D eigenvalue weighted by molar-refractivity contribution is 7.90. The molecular formula is C33H50N2O7S. The van der Waals surface area contributed by atoms with Gasteiger partial charge in [-0.15, -0.1) is 0 Å². The first-order valence-electron chi connectivity index (χ1n) is 16.2. The molecule has 0 radical (unpaired) electrons. The predicted molar refractivity (Wildman–Crippen MR) is 163 cm³/mol. The van der Waals surface area contributed by atoms with Crippen molar-refractivity contribution in [1.82, 2.24) is 10.0 Å². The number of rotatable bonds is 8. The summed E-state index contributed by atoms with van der Waals surface area (Å²) in [6, 6.07) is 3.90. The number of aliphatic hydroxyl groups excluding tert-OH is 2. The second-order valence-electron chi connectivity index (χ2n) is 14.6. The fourth-order valence-corrected chi connectivity index (χ4v) is 11.5. The number of aliphatic hydroxyl groups is 2. The van der Waals surface area contributed by atoms with E-state index in [0.29, 0.717) is 36.1 Å². The lowest BCUT2D eigenvalue weighted by Gasteiger charge is -2.64. The summed E-state index contributed by atoms with van der Waals surface area (Å²) in [7, 11) is -4.13. The van der Waals surface area contributed by atoms with Gasteiger partial charge >= 0.3 is 12.0 Å². The summed E-state index contributed by atoms with van der Waals surface area (Å²) in [6.07, 6.45) is 8.27. The van der Waals surface area contributed by atoms with Gasteiger partial charge in [-0.05, 0) is 128 Å². The average molecular weight is 619 g/mol. The summed E-state index contributed by atoms with van der Waals surface area (Å²) in [6.45, 7) is 9.65. The van der Waals surface area contributed by atoms with Gasteiger partial charge in [0.2, 0.25) is 0 Å². The van der Waals surface area contributed by atoms with Crippen molar-refractivity contribution in [3.63, 3.8) is 0 Å². The van der Waals surface area contributed by atoms with Gasteiger partial charge in [-0.25, -0.2) is 22.7 Å². The first-order valence-corrected chi connectivity index (χ1v) is 17.7. The smallest absolute Gasteiger partial charge is 0.335 e. The van der Waals surface area contributed by atoms with Crippen LogP contribution in [0.2, 0.25) is 0 Å². The molecule has 0 aliphatic heterocycles. The third kappa shape index (κ3) is 5.72. The maximum absolute atomic E-state index is 12.6. The number of urea groups is 1. The molecule has 1 aromatic rings. The van der Waals surface area contributed by atoms with Crippen molar-refractivity contribution >= 4 is 22.0 Å². The van der Waals surface area contributed by atoms with Gasteiger partial charge in [0.15, 0.2) is 0 Å². The fourth-order valence-electron chi connectivity index (χ4n) is 10.5. The van der Waals surface area contributed by atoms with E-state index in [2.05, 4.69) is 33.0 Å². The molecule has 11 atom stereocenters. The molecule has 10 heteroatoms. The molecule has 0 unspecified atom stereocenters. The highest BCUT2D eigenvalue weighted by atomic mass is 32.2. The topological polar surface area (TPSA) is 153 Å². The average Bonchev–Trinajstić information content (AvgIpc) is 3.31. The molecule has 4 aliphatic carbocycles. The third-order valence-electron chi connectivity index (χ3n) is 12.7. The number of carbonyl (C=O) groups excluding carboxylic acids is 1. The SMILES string of the molecule is CC[C@H]1[C@@H](O)[C@@H]2[C@H](CC[C@]3(C)[C@@H]([C@H](C)CCNC(=O)NS(=O)(=O)c4ccc(C(=O)O)cc4)CC[C@@H]23)[C@@]2(C)CC[C@@H](O)C[C@@H]12. The molecule has 1 aromatic carbocycles. The van der Waals surface area contributed by atoms with E-state index in [1.807, 2.05) is 4.72 Å². The Morgan fingerprint density at radius 2 is 1.63 bits per heavy atom. The van der Waals surface area contributed by atoms with Crippen LogP contribution in [0.25, 0.3) is 0 Å². The van der Waals surface area contributed by atoms with Crippen LogP contribution in [0.3, 0.4) is 0 Å². The molecule has 5 rings (SSSR count). The maximum atomic E-state index is 12.6. The number of carboxylic acid groups (broad SMARTS) is 1. The summed E-state index contributed by atoms with van der Waals surface area (Å²) in [5.74, 6) is 1.47. The molecule has 240 valence electrons. The number of fused-ring (bicyclic) bond motifs is 5. The third-order valence-corrected chi connectivity index (χ3v) is 14.0. The Balaban J connectivity index is 1.20. The van der Waals surface area contributed by atoms with E-state index in [1.54, 1.807) is 0 Å². The lowest BCUT2D eigenvalue weighted by molar-refractivity contribution is -0.203. The van der Waals surface area contributed by atoms with Gasteiger partial charge in [0.05, 0.1) is 22.7 Å². The maximum Gasteiger partial charge on any atom is 0.335 e. The number of hydrogen-bond acceptors (Lipinski definition) is 6. The molecule has 4 aliphatic rings. The van der Waals surface area contributed by atoms with Crippen LogP contribution in [0, 0.1) is 52.3 Å². The predicted octanol–water partition coefficient (Wildman–Crippen LogP) is 5.03. The van der Waals surface area contributed by atoms with Gasteiger partial charge in [-0.2, -0.15) is 0 Å². The highest BCUT2D eigenvalue weighted by Crippen LogP contribution is 2.69. The number of amides is 2. The molecule has 0 saturated heterocycles. The first kappa shape index (κ1) is 32.2. The zero-order valence-electron chi connectivity index (χ0n) is 26.0. The van der Waals surface area contributed by atoms with Crippen molar-refractivity contribution in [1.29, 1.82) is 0 Å². The number of carbonyl (C=O) groups is 2. The van der Waals surface area contributed by atoms with Crippen LogP contribution in [0.15, 0.2) is 29.2 Å². The van der Waals surface area contributed by atoms with Gasteiger partial charge in [0, 0.05) is 6.54 Å². The monoisotopic (exact) mass is 618 g/mol. The number of nitrogens with one attached hydrogen (secondary N) is 2. The molecule has 0 aromatic heterocycles. The molecule has 0 spiro atoms. The van der Waals surface area contributed by atoms with Gasteiger partial charge in [0.1, 0.15) is 0 Å². The van der Waals surface area contributed by atoms with Crippen molar-refractivity contribution in [2.24, 2.45) is 52.3 Å². The van der Waals surface area contributed by atoms with Crippen LogP contribution in [0.1, 0.15) is 95.8 Å². The van der Waals surface area contributed by atoms with Crippen molar-refractivity contribution in [2.45, 2.75) is 103 Å².